The molecule has 0 aliphatic heterocycles. The van der Waals surface area contributed by atoms with E-state index >= 15 is 0 Å². The summed E-state index contributed by atoms with van der Waals surface area (Å²) < 4.78 is 11.5. The molecule has 48 heavy (non-hydrogen) atoms. The average Bonchev–Trinajstić information content (AvgIpc) is 3.40. The van der Waals surface area contributed by atoms with Crippen LogP contribution in [0.3, 0.4) is 0 Å². The Hall–Kier alpha value is -4.46. The normalized spacial score (nSPS) is 16.9. The van der Waals surface area contributed by atoms with E-state index in [2.05, 4.69) is 0 Å². The number of carbonyl (C=O) groups excluding carboxylic acids is 2. The van der Waals surface area contributed by atoms with Gasteiger partial charge in [-0.2, -0.15) is 0 Å². The van der Waals surface area contributed by atoms with Crippen molar-refractivity contribution in [2.75, 3.05) is 0 Å². The predicted molar refractivity (Wildman–Crippen MR) is 186 cm³/mol. The van der Waals surface area contributed by atoms with Crippen molar-refractivity contribution in [3.05, 3.63) is 137 Å². The van der Waals surface area contributed by atoms with E-state index in [0.717, 1.165) is 33.6 Å². The smallest absolute Gasteiger partial charge is 0.306 e. The Morgan fingerprint density at radius 1 is 0.833 bits per heavy atom. The van der Waals surface area contributed by atoms with Crippen LogP contribution in [0, 0.1) is 5.92 Å². The summed E-state index contributed by atoms with van der Waals surface area (Å²) in [5, 5.41) is 22.7. The summed E-state index contributed by atoms with van der Waals surface area (Å²) in [6, 6.07) is 34.7. The Morgan fingerprint density at radius 3 is 2.12 bits per heavy atom. The van der Waals surface area contributed by atoms with Crippen LogP contribution in [0.15, 0.2) is 109 Å². The van der Waals surface area contributed by atoms with Crippen LogP contribution in [-0.4, -0.2) is 44.8 Å². The molecule has 0 unspecified atom stereocenters. The highest BCUT2D eigenvalue weighted by molar-refractivity contribution is 5.77. The molecule has 1 aliphatic rings. The van der Waals surface area contributed by atoms with Crippen molar-refractivity contribution in [2.45, 2.75) is 89.9 Å². The van der Waals surface area contributed by atoms with E-state index in [4.69, 9.17) is 9.47 Å². The molecule has 5 rings (SSSR count). The average molecular weight is 650 g/mol. The summed E-state index contributed by atoms with van der Waals surface area (Å²) in [7, 11) is 0. The minimum absolute atomic E-state index is 0.0403. The van der Waals surface area contributed by atoms with Crippen molar-refractivity contribution in [1.29, 1.82) is 0 Å². The first-order valence-electron chi connectivity index (χ1n) is 16.8. The Labute approximate surface area is 284 Å². The number of aliphatic hydroxyl groups is 2. The van der Waals surface area contributed by atoms with Crippen molar-refractivity contribution in [1.82, 2.24) is 4.90 Å². The Morgan fingerprint density at radius 2 is 1.46 bits per heavy atom. The molecule has 4 aromatic carbocycles. The van der Waals surface area contributed by atoms with Gasteiger partial charge in [0, 0.05) is 19.4 Å². The quantitative estimate of drug-likeness (QED) is 0.143. The number of hydrogen-bond donors (Lipinski definition) is 2. The minimum atomic E-state index is -0.912. The highest BCUT2D eigenvalue weighted by Crippen LogP contribution is 2.38. The van der Waals surface area contributed by atoms with E-state index in [0.29, 0.717) is 19.4 Å². The summed E-state index contributed by atoms with van der Waals surface area (Å²) in [6.07, 6.45) is -0.440. The van der Waals surface area contributed by atoms with Crippen LogP contribution in [0.25, 0.3) is 0 Å². The molecule has 7 heteroatoms. The highest BCUT2D eigenvalue weighted by Gasteiger charge is 2.38. The van der Waals surface area contributed by atoms with Crippen LogP contribution in [0.1, 0.15) is 73.9 Å². The number of fused-ring (bicyclic) bond motifs is 1. The van der Waals surface area contributed by atoms with Gasteiger partial charge in [0.05, 0.1) is 24.7 Å². The molecule has 0 spiro atoms. The number of carbonyl (C=O) groups is 2. The lowest BCUT2D eigenvalue weighted by molar-refractivity contribution is -0.157. The Bertz CT molecular complexity index is 1620. The zero-order valence-electron chi connectivity index (χ0n) is 28.1. The second-order valence-corrected chi connectivity index (χ2v) is 13.7. The number of amides is 1. The van der Waals surface area contributed by atoms with E-state index in [9.17, 15) is 19.8 Å². The molecule has 0 bridgehead atoms. The molecule has 0 saturated carbocycles. The van der Waals surface area contributed by atoms with E-state index in [1.165, 1.54) is 0 Å². The summed E-state index contributed by atoms with van der Waals surface area (Å²) in [4.78, 5) is 28.7. The molecule has 1 aliphatic carbocycles. The van der Waals surface area contributed by atoms with Gasteiger partial charge in [-0.05, 0) is 79.5 Å². The van der Waals surface area contributed by atoms with Gasteiger partial charge < -0.3 is 24.6 Å². The van der Waals surface area contributed by atoms with Gasteiger partial charge in [-0.3, -0.25) is 9.59 Å². The first-order valence-corrected chi connectivity index (χ1v) is 16.8. The molecule has 2 N–H and O–H groups in total. The van der Waals surface area contributed by atoms with Crippen molar-refractivity contribution >= 4 is 11.9 Å². The van der Waals surface area contributed by atoms with E-state index < -0.39 is 29.8 Å². The number of nitrogens with zero attached hydrogens (tertiary/aromatic N) is 1. The number of benzene rings is 4. The van der Waals surface area contributed by atoms with E-state index in [-0.39, 0.29) is 37.7 Å². The van der Waals surface area contributed by atoms with Crippen LogP contribution in [0.5, 0.6) is 5.75 Å². The topological polar surface area (TPSA) is 96.3 Å². The van der Waals surface area contributed by atoms with Crippen LogP contribution in [-0.2, 0) is 40.3 Å². The number of esters is 1. The van der Waals surface area contributed by atoms with Gasteiger partial charge in [0.1, 0.15) is 18.0 Å². The predicted octanol–water partition coefficient (Wildman–Crippen LogP) is 6.98. The van der Waals surface area contributed by atoms with Crippen molar-refractivity contribution in [3.63, 3.8) is 0 Å². The first-order chi connectivity index (χ1) is 23.1. The molecule has 0 heterocycles. The third-order valence-corrected chi connectivity index (χ3v) is 8.74. The molecular formula is C41H47NO6. The monoisotopic (exact) mass is 649 g/mol. The lowest BCUT2D eigenvalue weighted by atomic mass is 9.88. The molecule has 0 saturated heterocycles. The number of aliphatic hydroxyl groups excluding tert-OH is 2. The molecule has 4 aromatic rings. The van der Waals surface area contributed by atoms with Crippen LogP contribution in [0.4, 0.5) is 0 Å². The largest absolute Gasteiger partial charge is 0.489 e. The van der Waals surface area contributed by atoms with Crippen molar-refractivity contribution < 1.29 is 29.3 Å². The van der Waals surface area contributed by atoms with Crippen molar-refractivity contribution in [3.8, 4) is 5.75 Å². The zero-order chi connectivity index (χ0) is 34.1. The maximum Gasteiger partial charge on any atom is 0.306 e. The summed E-state index contributed by atoms with van der Waals surface area (Å²) >= 11 is 0. The molecular weight excluding hydrogens is 602 g/mol. The van der Waals surface area contributed by atoms with Gasteiger partial charge in [0.15, 0.2) is 0 Å². The fourth-order valence-electron chi connectivity index (χ4n) is 6.41. The van der Waals surface area contributed by atoms with Gasteiger partial charge in [0.25, 0.3) is 0 Å². The zero-order valence-corrected chi connectivity index (χ0v) is 28.1. The van der Waals surface area contributed by atoms with Gasteiger partial charge in [-0.25, -0.2) is 0 Å². The third-order valence-electron chi connectivity index (χ3n) is 8.74. The third kappa shape index (κ3) is 9.78. The Balaban J connectivity index is 1.30. The van der Waals surface area contributed by atoms with Crippen LogP contribution < -0.4 is 4.74 Å². The van der Waals surface area contributed by atoms with Crippen LogP contribution in [0.2, 0.25) is 0 Å². The molecule has 0 radical (unpaired) electrons. The lowest BCUT2D eigenvalue weighted by Gasteiger charge is -2.33. The standard InChI is InChI=1S/C41H47NO6/c1-41(2,3)48-39(46)26-33(24-29-12-6-4-7-13-29)36(43)22-23-38(45)42(40-35-17-11-10-16-32(35)25-37(40)44)27-30-18-20-34(21-19-30)47-28-31-14-8-5-9-15-31/h4-21,33,36-37,40,43-44H,22-28H2,1-3H3/t33-,36+,37-,40+/m1/s1. The molecule has 252 valence electrons. The number of rotatable bonds is 14. The maximum atomic E-state index is 14.1. The second-order valence-electron chi connectivity index (χ2n) is 13.7. The van der Waals surface area contributed by atoms with Gasteiger partial charge in [0.2, 0.25) is 5.91 Å². The molecule has 1 amide bonds. The van der Waals surface area contributed by atoms with Gasteiger partial charge in [-0.15, -0.1) is 0 Å². The SMILES string of the molecule is CC(C)(C)OC(=O)C[C@@H](Cc1ccccc1)[C@@H](O)CCC(=O)N(Cc1ccc(OCc2ccccc2)cc1)[C@H]1c2ccccc2C[C@H]1O. The fourth-order valence-corrected chi connectivity index (χ4v) is 6.41. The lowest BCUT2D eigenvalue weighted by Crippen LogP contribution is -2.39. The number of ether oxygens (including phenoxy) is 2. The first kappa shape index (κ1) is 34.9. The summed E-state index contributed by atoms with van der Waals surface area (Å²) in [5.74, 6) is -0.249. The van der Waals surface area contributed by atoms with Gasteiger partial charge in [-0.1, -0.05) is 97.1 Å². The highest BCUT2D eigenvalue weighted by atomic mass is 16.6. The summed E-state index contributed by atoms with van der Waals surface area (Å²) in [5.41, 5.74) is 4.30. The minimum Gasteiger partial charge on any atom is -0.489 e. The molecule has 0 aromatic heterocycles. The molecule has 4 atom stereocenters. The van der Waals surface area contributed by atoms with Crippen molar-refractivity contribution in [2.24, 2.45) is 5.92 Å². The number of hydrogen-bond acceptors (Lipinski definition) is 6. The Kier molecular flexibility index (Phi) is 11.7. The fraction of sp³-hybridized carbons (Fsp3) is 0.366. The molecule has 7 nitrogen and oxygen atoms in total. The summed E-state index contributed by atoms with van der Waals surface area (Å²) in [6.45, 7) is 6.21. The van der Waals surface area contributed by atoms with Gasteiger partial charge >= 0.3 is 5.97 Å². The van der Waals surface area contributed by atoms with Crippen LogP contribution >= 0.6 is 0 Å². The molecule has 0 fully saturated rings. The van der Waals surface area contributed by atoms with E-state index in [1.807, 2.05) is 130 Å². The maximum absolute atomic E-state index is 14.1. The second kappa shape index (κ2) is 16.1. The van der Waals surface area contributed by atoms with E-state index in [1.54, 1.807) is 4.90 Å².